The molecule has 3 N–H and O–H groups in total. The lowest BCUT2D eigenvalue weighted by Crippen LogP contribution is -2.50. The van der Waals surface area contributed by atoms with E-state index < -0.39 is 11.7 Å². The second-order valence-electron chi connectivity index (χ2n) is 0.666. The highest BCUT2D eigenvalue weighted by atomic mass is 16.7. The average molecular weight is 93.1 g/mol. The lowest BCUT2D eigenvalue weighted by Gasteiger charge is -1.79. The van der Waals surface area contributed by atoms with E-state index in [4.69, 9.17) is 0 Å². The molecule has 0 aromatic carbocycles. The molecule has 0 unspecified atom stereocenters. The molecule has 0 spiro atoms. The van der Waals surface area contributed by atoms with E-state index in [9.17, 15) is 10.1 Å². The van der Waals surface area contributed by atoms with Crippen LogP contribution in [-0.2, 0) is 4.84 Å². The van der Waals surface area contributed by atoms with Crippen LogP contribution < -0.4 is 5.90 Å². The van der Waals surface area contributed by atoms with Crippen molar-refractivity contribution in [3.8, 4) is 0 Å². The fourth-order valence-electron chi connectivity index (χ4n) is 0.0745. The fraction of sp³-hybridized carbons (Fsp3) is 1.00. The van der Waals surface area contributed by atoms with Gasteiger partial charge in [0, 0.05) is 0 Å². The molecule has 6 heavy (non-hydrogen) atoms. The Hall–Kier alpha value is -0.680. The minimum Gasteiger partial charge on any atom is -0.262 e. The molecule has 0 rings (SSSR count). The van der Waals surface area contributed by atoms with Crippen molar-refractivity contribution in [2.45, 2.75) is 0 Å². The van der Waals surface area contributed by atoms with Gasteiger partial charge in [-0.25, -0.2) is 5.90 Å². The molecule has 0 aromatic rings. The van der Waals surface area contributed by atoms with Crippen LogP contribution in [-0.4, -0.2) is 11.7 Å². The smallest absolute Gasteiger partial charge is 0.262 e. The zero-order valence-corrected chi connectivity index (χ0v) is 3.09. The third-order valence-electron chi connectivity index (χ3n) is 0.197. The largest absolute Gasteiger partial charge is 0.352 e. The molecule has 0 bridgehead atoms. The Morgan fingerprint density at radius 3 is 2.50 bits per heavy atom. The summed E-state index contributed by atoms with van der Waals surface area (Å²) in [5, 5.41) is 9.24. The third-order valence-corrected chi connectivity index (χ3v) is 0.197. The summed E-state index contributed by atoms with van der Waals surface area (Å²) in [6, 6.07) is 0. The predicted molar refractivity (Wildman–Crippen MR) is 15.8 cm³/mol. The van der Waals surface area contributed by atoms with Crippen LogP contribution in [0.2, 0.25) is 0 Å². The van der Waals surface area contributed by atoms with Gasteiger partial charge in [-0.2, -0.15) is 0 Å². The minimum absolute atomic E-state index is 0.514. The minimum atomic E-state index is -0.604. The van der Waals surface area contributed by atoms with Gasteiger partial charge in [0.2, 0.25) is 0 Å². The van der Waals surface area contributed by atoms with Gasteiger partial charge in [-0.05, 0) is 0 Å². The van der Waals surface area contributed by atoms with Crippen LogP contribution in [0.1, 0.15) is 0 Å². The maximum Gasteiger partial charge on any atom is 0.352 e. The summed E-state index contributed by atoms with van der Waals surface area (Å²) in [4.78, 5) is 12.5. The van der Waals surface area contributed by atoms with E-state index >= 15 is 0 Å². The van der Waals surface area contributed by atoms with E-state index in [1.54, 1.807) is 0 Å². The topological polar surface area (TPSA) is 80.0 Å². The van der Waals surface area contributed by atoms with Crippen molar-refractivity contribution in [2.24, 2.45) is 0 Å². The Morgan fingerprint density at radius 1 is 2.00 bits per heavy atom. The van der Waals surface area contributed by atoms with Crippen molar-refractivity contribution >= 4 is 0 Å². The zero-order chi connectivity index (χ0) is 4.99. The molecule has 0 atom stereocenters. The number of rotatable bonds is 2. The van der Waals surface area contributed by atoms with Gasteiger partial charge in [-0.3, -0.25) is 10.1 Å². The summed E-state index contributed by atoms with van der Waals surface area (Å²) < 4.78 is 0. The van der Waals surface area contributed by atoms with E-state index in [0.29, 0.717) is 0 Å². The molecule has 0 fully saturated rings. The second kappa shape index (κ2) is 2.55. The quantitative estimate of drug-likeness (QED) is 0.253. The van der Waals surface area contributed by atoms with E-state index in [1.165, 1.54) is 0 Å². The SMILES string of the molecule is [NH3+]OC[N+](=O)[O-]. The van der Waals surface area contributed by atoms with Gasteiger partial charge in [0.25, 0.3) is 0 Å². The van der Waals surface area contributed by atoms with Crippen LogP contribution in [0.25, 0.3) is 0 Å². The lowest BCUT2D eigenvalue weighted by atomic mass is 11.3. The van der Waals surface area contributed by atoms with Gasteiger partial charge < -0.3 is 0 Å². The van der Waals surface area contributed by atoms with Crippen molar-refractivity contribution in [2.75, 3.05) is 6.73 Å². The van der Waals surface area contributed by atoms with Crippen LogP contribution in [0.5, 0.6) is 0 Å². The number of quaternary nitrogens is 1. The first kappa shape index (κ1) is 5.32. The number of hydrogen-bond acceptors (Lipinski definition) is 3. The summed E-state index contributed by atoms with van der Waals surface area (Å²) >= 11 is 0. The molecule has 5 heteroatoms. The monoisotopic (exact) mass is 93.0 g/mol. The van der Waals surface area contributed by atoms with Gasteiger partial charge in [-0.15, -0.1) is 4.84 Å². The van der Waals surface area contributed by atoms with Crippen molar-refractivity contribution in [3.05, 3.63) is 10.1 Å². The first-order valence-corrected chi connectivity index (χ1v) is 1.26. The Bertz CT molecular complexity index is 52.8. The molecule has 0 aliphatic carbocycles. The first-order chi connectivity index (χ1) is 2.77. The molecule has 36 valence electrons. The summed E-state index contributed by atoms with van der Waals surface area (Å²) in [7, 11) is 0. The molecule has 0 aliphatic rings. The highest BCUT2D eigenvalue weighted by Crippen LogP contribution is 1.58. The Morgan fingerprint density at radius 2 is 2.50 bits per heavy atom. The van der Waals surface area contributed by atoms with E-state index in [-0.39, 0.29) is 0 Å². The molecule has 0 saturated heterocycles. The van der Waals surface area contributed by atoms with Crippen molar-refractivity contribution in [1.82, 2.24) is 0 Å². The molecular weight excluding hydrogens is 88.0 g/mol. The number of nitrogens with zero attached hydrogens (tertiary/aromatic N) is 1. The molecule has 0 saturated carbocycles. The molecule has 0 radical (unpaired) electrons. The summed E-state index contributed by atoms with van der Waals surface area (Å²) in [6.45, 7) is -0.514. The van der Waals surface area contributed by atoms with Gasteiger partial charge in [0.05, 0.1) is 4.92 Å². The van der Waals surface area contributed by atoms with Gasteiger partial charge >= 0.3 is 6.73 Å². The van der Waals surface area contributed by atoms with Crippen LogP contribution in [0, 0.1) is 10.1 Å². The Labute approximate surface area is 33.8 Å². The van der Waals surface area contributed by atoms with Crippen molar-refractivity contribution < 1.29 is 15.7 Å². The van der Waals surface area contributed by atoms with Crippen LogP contribution in [0.15, 0.2) is 0 Å². The van der Waals surface area contributed by atoms with Crippen LogP contribution in [0.4, 0.5) is 0 Å². The fourth-order valence-corrected chi connectivity index (χ4v) is 0.0745. The van der Waals surface area contributed by atoms with E-state index in [2.05, 4.69) is 10.7 Å². The van der Waals surface area contributed by atoms with Crippen LogP contribution in [0.3, 0.4) is 0 Å². The van der Waals surface area contributed by atoms with Gasteiger partial charge in [0.15, 0.2) is 0 Å². The second-order valence-corrected chi connectivity index (χ2v) is 0.666. The molecule has 0 heterocycles. The third kappa shape index (κ3) is 3.32. The Balaban J connectivity index is 2.83. The summed E-state index contributed by atoms with van der Waals surface area (Å²) in [5.41, 5.74) is 0. The Kier molecular flexibility index (Phi) is 2.26. The maximum atomic E-state index is 9.24. The average Bonchev–Trinajstić information content (AvgIpc) is 1.35. The maximum absolute atomic E-state index is 9.24. The van der Waals surface area contributed by atoms with E-state index in [1.807, 2.05) is 0 Å². The molecule has 0 aromatic heterocycles. The highest BCUT2D eigenvalue weighted by Gasteiger charge is 1.89. The predicted octanol–water partition coefficient (Wildman–Crippen LogP) is -1.61. The normalized spacial score (nSPS) is 8.17. The molecule has 5 nitrogen and oxygen atoms in total. The van der Waals surface area contributed by atoms with E-state index in [0.717, 1.165) is 0 Å². The zero-order valence-electron chi connectivity index (χ0n) is 3.09. The summed E-state index contributed by atoms with van der Waals surface area (Å²) in [6.07, 6.45) is 0. The van der Waals surface area contributed by atoms with Crippen molar-refractivity contribution in [1.29, 1.82) is 0 Å². The number of nitro groups is 1. The number of hydrogen-bond donors (Lipinski definition) is 1. The summed E-state index contributed by atoms with van der Waals surface area (Å²) in [5.74, 6) is 2.78. The molecule has 0 amide bonds. The molecule has 0 aliphatic heterocycles. The highest BCUT2D eigenvalue weighted by molar-refractivity contribution is 3.97. The first-order valence-electron chi connectivity index (χ1n) is 1.26. The van der Waals surface area contributed by atoms with Gasteiger partial charge in [-0.1, -0.05) is 0 Å². The van der Waals surface area contributed by atoms with Crippen LogP contribution >= 0.6 is 0 Å². The lowest BCUT2D eigenvalue weighted by molar-refractivity contribution is -0.752. The molecular formula is CH5N2O3+. The van der Waals surface area contributed by atoms with Crippen molar-refractivity contribution in [3.63, 3.8) is 0 Å². The van der Waals surface area contributed by atoms with Gasteiger partial charge in [0.1, 0.15) is 0 Å². The standard InChI is InChI=1S/CH5N2O3/c2-6-1-3(4)5/h1H2,2H3/q+1.